The first-order valence-corrected chi connectivity index (χ1v) is 11.3. The van der Waals surface area contributed by atoms with Crippen molar-refractivity contribution in [3.63, 3.8) is 0 Å². The molecular weight excluding hydrogens is 426 g/mol. The van der Waals surface area contributed by atoms with E-state index in [1.54, 1.807) is 10.9 Å². The highest BCUT2D eigenvalue weighted by atomic mass is 19.3. The van der Waals surface area contributed by atoms with Crippen LogP contribution in [0.4, 0.5) is 26.0 Å². The van der Waals surface area contributed by atoms with E-state index >= 15 is 0 Å². The van der Waals surface area contributed by atoms with Crippen LogP contribution in [0.5, 0.6) is 0 Å². The first kappa shape index (κ1) is 24.9. The van der Waals surface area contributed by atoms with Gasteiger partial charge < -0.3 is 15.5 Å². The average molecular weight is 463 g/mol. The van der Waals surface area contributed by atoms with Gasteiger partial charge in [-0.2, -0.15) is 5.10 Å². The number of nitrogens with one attached hydrogen (secondary N) is 2. The zero-order chi connectivity index (χ0) is 23.0. The van der Waals surface area contributed by atoms with Crippen LogP contribution in [-0.4, -0.2) is 39.7 Å². The molecule has 1 aliphatic heterocycles. The molecule has 1 unspecified atom stereocenters. The normalized spacial score (nSPS) is 21.9. The Morgan fingerprint density at radius 2 is 2.12 bits per heavy atom. The van der Waals surface area contributed by atoms with Crippen LogP contribution in [0, 0.1) is 18.8 Å². The molecule has 182 valence electrons. The second-order valence-electron chi connectivity index (χ2n) is 9.52. The number of aryl methyl sites for hydroxylation is 1. The number of amides is 1. The smallest absolute Gasteiger partial charge is 0.248 e. The topological polar surface area (TPSA) is 75.1 Å². The zero-order valence-corrected chi connectivity index (χ0v) is 19.2. The highest BCUT2D eigenvalue weighted by Crippen LogP contribution is 2.38. The summed E-state index contributed by atoms with van der Waals surface area (Å²) in [6.45, 7) is 6.99. The number of likely N-dealkylation sites (N-methyl/N-ethyl adjacent to an activating group) is 1. The molecule has 0 aromatic carbocycles. The van der Waals surface area contributed by atoms with E-state index in [4.69, 9.17) is 0 Å². The number of fused-ring (bicyclic) bond motifs is 1. The van der Waals surface area contributed by atoms with Crippen molar-refractivity contribution in [1.29, 1.82) is 0 Å². The highest BCUT2D eigenvalue weighted by Gasteiger charge is 2.36. The summed E-state index contributed by atoms with van der Waals surface area (Å²) in [4.78, 5) is 19.1. The predicted molar refractivity (Wildman–Crippen MR) is 128 cm³/mol. The van der Waals surface area contributed by atoms with E-state index in [9.17, 15) is 13.6 Å². The SMILES string of the molecule is C.Cc1nc(NCc2cnn(CC3CCCC(F)(F)C3)c2)cc2c1NC(=O)[C@H](C(C)C)N2C. The molecule has 1 fully saturated rings. The molecular formula is C24H36F2N6O. The van der Waals surface area contributed by atoms with E-state index in [2.05, 4.69) is 20.7 Å². The number of aromatic nitrogens is 3. The Hall–Kier alpha value is -2.71. The number of anilines is 3. The molecule has 2 atom stereocenters. The van der Waals surface area contributed by atoms with Crippen molar-refractivity contribution < 1.29 is 13.6 Å². The number of rotatable bonds is 6. The van der Waals surface area contributed by atoms with Gasteiger partial charge in [0.2, 0.25) is 11.8 Å². The van der Waals surface area contributed by atoms with Crippen molar-refractivity contribution in [3.05, 3.63) is 29.7 Å². The standard InChI is InChI=1S/C23H32F2N6O.CH4/c1-14(2)21-22(32)29-20-15(3)28-19(8-18(20)30(21)4)26-10-17-11-27-31(13-17)12-16-6-5-7-23(24,25)9-16;/h8,11,13-14,16,21H,5-7,9-10,12H2,1-4H3,(H,26,28)(H,29,32);1H4/t16?,21-;/m0./s1. The van der Waals surface area contributed by atoms with Gasteiger partial charge in [0.15, 0.2) is 0 Å². The van der Waals surface area contributed by atoms with Crippen LogP contribution in [0.2, 0.25) is 0 Å². The number of alkyl halides is 2. The van der Waals surface area contributed by atoms with Gasteiger partial charge in [-0.05, 0) is 31.6 Å². The first-order chi connectivity index (χ1) is 15.1. The monoisotopic (exact) mass is 462 g/mol. The Morgan fingerprint density at radius 3 is 2.82 bits per heavy atom. The fourth-order valence-corrected chi connectivity index (χ4v) is 4.94. The summed E-state index contributed by atoms with van der Waals surface area (Å²) in [5.41, 5.74) is 3.40. The van der Waals surface area contributed by atoms with Crippen LogP contribution in [0.25, 0.3) is 0 Å². The third-order valence-corrected chi connectivity index (χ3v) is 6.47. The molecule has 1 aliphatic carbocycles. The number of carbonyl (C=O) groups is 1. The molecule has 2 aromatic heterocycles. The van der Waals surface area contributed by atoms with Gasteiger partial charge in [0.25, 0.3) is 0 Å². The number of hydrogen-bond donors (Lipinski definition) is 2. The van der Waals surface area contributed by atoms with Gasteiger partial charge in [0, 0.05) is 50.8 Å². The number of carbonyl (C=O) groups excluding carboxylic acids is 1. The molecule has 1 amide bonds. The molecule has 33 heavy (non-hydrogen) atoms. The Labute approximate surface area is 195 Å². The number of nitrogens with zero attached hydrogens (tertiary/aromatic N) is 4. The van der Waals surface area contributed by atoms with E-state index in [0.29, 0.717) is 25.3 Å². The molecule has 2 aromatic rings. The summed E-state index contributed by atoms with van der Waals surface area (Å²) in [6, 6.07) is 1.72. The van der Waals surface area contributed by atoms with Gasteiger partial charge in [0.1, 0.15) is 11.9 Å². The molecule has 0 bridgehead atoms. The molecule has 0 radical (unpaired) electrons. The van der Waals surface area contributed by atoms with E-state index in [1.165, 1.54) is 0 Å². The van der Waals surface area contributed by atoms with Crippen LogP contribution >= 0.6 is 0 Å². The average Bonchev–Trinajstić information content (AvgIpc) is 3.13. The summed E-state index contributed by atoms with van der Waals surface area (Å²) >= 11 is 0. The molecule has 1 saturated carbocycles. The van der Waals surface area contributed by atoms with Gasteiger partial charge in [-0.15, -0.1) is 0 Å². The second kappa shape index (κ2) is 9.65. The Balaban J connectivity index is 0.00000306. The molecule has 4 rings (SSSR count). The van der Waals surface area contributed by atoms with Crippen LogP contribution in [0.15, 0.2) is 18.5 Å². The van der Waals surface area contributed by atoms with Gasteiger partial charge in [0.05, 0.1) is 23.3 Å². The van der Waals surface area contributed by atoms with Gasteiger partial charge in [-0.3, -0.25) is 9.48 Å². The van der Waals surface area contributed by atoms with E-state index in [0.717, 1.165) is 29.1 Å². The summed E-state index contributed by atoms with van der Waals surface area (Å²) in [5.74, 6) is -1.70. The molecule has 9 heteroatoms. The summed E-state index contributed by atoms with van der Waals surface area (Å²) in [5, 5.41) is 10.7. The van der Waals surface area contributed by atoms with Crippen molar-refractivity contribution in [2.45, 2.75) is 78.9 Å². The summed E-state index contributed by atoms with van der Waals surface area (Å²) in [7, 11) is 1.93. The Bertz CT molecular complexity index is 989. The molecule has 0 saturated heterocycles. The van der Waals surface area contributed by atoms with Gasteiger partial charge >= 0.3 is 0 Å². The van der Waals surface area contributed by atoms with Crippen molar-refractivity contribution >= 4 is 23.1 Å². The van der Waals surface area contributed by atoms with Crippen LogP contribution in [0.1, 0.15) is 58.2 Å². The predicted octanol–water partition coefficient (Wildman–Crippen LogP) is 5.07. The Morgan fingerprint density at radius 1 is 1.36 bits per heavy atom. The summed E-state index contributed by atoms with van der Waals surface area (Å²) < 4.78 is 29.1. The summed E-state index contributed by atoms with van der Waals surface area (Å²) in [6.07, 6.45) is 5.01. The van der Waals surface area contributed by atoms with E-state index in [1.807, 2.05) is 45.0 Å². The largest absolute Gasteiger partial charge is 0.366 e. The lowest BCUT2D eigenvalue weighted by Gasteiger charge is -2.38. The fourth-order valence-electron chi connectivity index (χ4n) is 4.94. The zero-order valence-electron chi connectivity index (χ0n) is 19.2. The third kappa shape index (κ3) is 5.45. The second-order valence-corrected chi connectivity index (χ2v) is 9.52. The Kier molecular flexibility index (Phi) is 7.29. The minimum Gasteiger partial charge on any atom is -0.366 e. The van der Waals surface area contributed by atoms with Crippen LogP contribution in [0.3, 0.4) is 0 Å². The third-order valence-electron chi connectivity index (χ3n) is 6.47. The van der Waals surface area contributed by atoms with Crippen molar-refractivity contribution in [3.8, 4) is 0 Å². The molecule has 2 aliphatic rings. The van der Waals surface area contributed by atoms with Crippen molar-refractivity contribution in [1.82, 2.24) is 14.8 Å². The quantitative estimate of drug-likeness (QED) is 0.627. The lowest BCUT2D eigenvalue weighted by atomic mass is 9.86. The maximum absolute atomic E-state index is 13.7. The van der Waals surface area contributed by atoms with Crippen molar-refractivity contribution in [2.24, 2.45) is 11.8 Å². The van der Waals surface area contributed by atoms with Crippen LogP contribution in [-0.2, 0) is 17.9 Å². The fraction of sp³-hybridized carbons (Fsp3) is 0.625. The lowest BCUT2D eigenvalue weighted by molar-refractivity contribution is -0.118. The number of halogens is 2. The van der Waals surface area contributed by atoms with Gasteiger partial charge in [-0.1, -0.05) is 21.3 Å². The van der Waals surface area contributed by atoms with Gasteiger partial charge in [-0.25, -0.2) is 13.8 Å². The maximum atomic E-state index is 13.7. The molecule has 0 spiro atoms. The number of pyridine rings is 1. The highest BCUT2D eigenvalue weighted by molar-refractivity contribution is 6.04. The number of hydrogen-bond acceptors (Lipinski definition) is 5. The minimum atomic E-state index is -2.54. The molecule has 3 heterocycles. The lowest BCUT2D eigenvalue weighted by Crippen LogP contribution is -2.49. The van der Waals surface area contributed by atoms with Crippen molar-refractivity contribution in [2.75, 3.05) is 22.6 Å². The minimum absolute atomic E-state index is 0. The molecule has 2 N–H and O–H groups in total. The molecule has 7 nitrogen and oxygen atoms in total. The first-order valence-electron chi connectivity index (χ1n) is 11.3. The van der Waals surface area contributed by atoms with Crippen LogP contribution < -0.4 is 15.5 Å². The maximum Gasteiger partial charge on any atom is 0.248 e. The van der Waals surface area contributed by atoms with E-state index in [-0.39, 0.29) is 44.1 Å². The van der Waals surface area contributed by atoms with E-state index < -0.39 is 5.92 Å².